The molecule has 3 heterocycles. The number of amides is 2. The summed E-state index contributed by atoms with van der Waals surface area (Å²) < 4.78 is 15.6. The number of nitrogens with zero attached hydrogens (tertiary/aromatic N) is 3. The van der Waals surface area contributed by atoms with E-state index < -0.39 is 11.7 Å². The molecule has 2 N–H and O–H groups in total. The Kier molecular flexibility index (Phi) is 5.42. The number of carbonyl (C=O) groups is 1. The second-order valence-corrected chi connectivity index (χ2v) is 8.08. The second kappa shape index (κ2) is 8.18. The molecule has 0 saturated heterocycles. The SMILES string of the molecule is Cc1cc(-c2ccn3c(-c4cccc(NC(=O)NCC(C)(C)F)c4)cnc3c2)ccn1. The van der Waals surface area contributed by atoms with E-state index in [1.165, 1.54) is 13.8 Å². The van der Waals surface area contributed by atoms with E-state index in [4.69, 9.17) is 0 Å². The maximum atomic E-state index is 13.6. The minimum absolute atomic E-state index is 0.0644. The summed E-state index contributed by atoms with van der Waals surface area (Å²) in [5.41, 5.74) is 4.90. The monoisotopic (exact) mass is 417 g/mol. The second-order valence-electron chi connectivity index (χ2n) is 8.08. The molecule has 0 radical (unpaired) electrons. The van der Waals surface area contributed by atoms with Gasteiger partial charge in [0.2, 0.25) is 0 Å². The normalized spacial score (nSPS) is 11.5. The fraction of sp³-hybridized carbons (Fsp3) is 0.208. The van der Waals surface area contributed by atoms with Crippen molar-refractivity contribution in [3.63, 3.8) is 0 Å². The number of anilines is 1. The van der Waals surface area contributed by atoms with E-state index in [0.29, 0.717) is 5.69 Å². The standard InChI is InChI=1S/C24H24FN5O/c1-16-11-17(7-9-26-16)18-8-10-30-21(14-27-22(30)13-18)19-5-4-6-20(12-19)29-23(31)28-15-24(2,3)25/h4-14H,15H2,1-3H3,(H2,28,29,31). The third kappa shape index (κ3) is 4.88. The van der Waals surface area contributed by atoms with Gasteiger partial charge in [-0.2, -0.15) is 0 Å². The van der Waals surface area contributed by atoms with Gasteiger partial charge in [-0.05, 0) is 68.3 Å². The number of fused-ring (bicyclic) bond motifs is 1. The number of halogens is 1. The molecule has 3 aromatic heterocycles. The molecule has 31 heavy (non-hydrogen) atoms. The molecule has 158 valence electrons. The average Bonchev–Trinajstić information content (AvgIpc) is 3.15. The third-order valence-corrected chi connectivity index (χ3v) is 4.83. The zero-order valence-corrected chi connectivity index (χ0v) is 17.7. The molecule has 0 spiro atoms. The van der Waals surface area contributed by atoms with E-state index in [1.54, 1.807) is 12.3 Å². The Balaban J connectivity index is 1.58. The number of rotatable bonds is 5. The molecular weight excluding hydrogens is 393 g/mol. The van der Waals surface area contributed by atoms with Crippen LogP contribution in [-0.4, -0.2) is 32.6 Å². The van der Waals surface area contributed by atoms with Crippen LogP contribution in [0.4, 0.5) is 14.9 Å². The Hall–Kier alpha value is -3.74. The van der Waals surface area contributed by atoms with Crippen molar-refractivity contribution in [3.8, 4) is 22.4 Å². The number of benzene rings is 1. The first-order chi connectivity index (χ1) is 14.8. The summed E-state index contributed by atoms with van der Waals surface area (Å²) in [6, 6.07) is 15.1. The predicted molar refractivity (Wildman–Crippen MR) is 121 cm³/mol. The Morgan fingerprint density at radius 2 is 1.87 bits per heavy atom. The molecule has 1 aromatic carbocycles. The van der Waals surface area contributed by atoms with Gasteiger partial charge >= 0.3 is 6.03 Å². The van der Waals surface area contributed by atoms with Crippen molar-refractivity contribution in [2.24, 2.45) is 0 Å². The Morgan fingerprint density at radius 3 is 2.65 bits per heavy atom. The van der Waals surface area contributed by atoms with Gasteiger partial charge in [0, 0.05) is 29.3 Å². The number of alkyl halides is 1. The van der Waals surface area contributed by atoms with Crippen molar-refractivity contribution in [1.29, 1.82) is 0 Å². The van der Waals surface area contributed by atoms with Crippen LogP contribution in [0, 0.1) is 6.92 Å². The van der Waals surface area contributed by atoms with Gasteiger partial charge in [0.1, 0.15) is 11.3 Å². The highest BCUT2D eigenvalue weighted by Crippen LogP contribution is 2.27. The lowest BCUT2D eigenvalue weighted by Crippen LogP contribution is -2.37. The van der Waals surface area contributed by atoms with Crippen LogP contribution < -0.4 is 10.6 Å². The fourth-order valence-electron chi connectivity index (χ4n) is 3.32. The Bertz CT molecular complexity index is 1240. The minimum Gasteiger partial charge on any atom is -0.335 e. The molecule has 2 amide bonds. The van der Waals surface area contributed by atoms with Gasteiger partial charge in [-0.25, -0.2) is 14.2 Å². The lowest BCUT2D eigenvalue weighted by molar-refractivity contribution is 0.205. The molecule has 6 nitrogen and oxygen atoms in total. The molecular formula is C24H24FN5O. The first-order valence-corrected chi connectivity index (χ1v) is 10.0. The number of pyridine rings is 2. The van der Waals surface area contributed by atoms with Crippen molar-refractivity contribution >= 4 is 17.4 Å². The van der Waals surface area contributed by atoms with Crippen molar-refractivity contribution < 1.29 is 9.18 Å². The summed E-state index contributed by atoms with van der Waals surface area (Å²) >= 11 is 0. The highest BCUT2D eigenvalue weighted by atomic mass is 19.1. The van der Waals surface area contributed by atoms with Crippen LogP contribution in [0.5, 0.6) is 0 Å². The average molecular weight is 417 g/mol. The van der Waals surface area contributed by atoms with E-state index >= 15 is 0 Å². The van der Waals surface area contributed by atoms with Gasteiger partial charge in [0.15, 0.2) is 0 Å². The van der Waals surface area contributed by atoms with Crippen LogP contribution in [0.2, 0.25) is 0 Å². The zero-order valence-electron chi connectivity index (χ0n) is 17.7. The molecule has 0 aliphatic heterocycles. The number of aryl methyl sites for hydroxylation is 1. The summed E-state index contributed by atoms with van der Waals surface area (Å²) in [5, 5.41) is 5.28. The van der Waals surface area contributed by atoms with Crippen LogP contribution in [0.3, 0.4) is 0 Å². The summed E-state index contributed by atoms with van der Waals surface area (Å²) in [4.78, 5) is 20.9. The molecule has 0 bridgehead atoms. The predicted octanol–water partition coefficient (Wildman–Crippen LogP) is 5.24. The molecule has 0 atom stereocenters. The van der Waals surface area contributed by atoms with Gasteiger partial charge < -0.3 is 10.6 Å². The number of nitrogens with one attached hydrogen (secondary N) is 2. The van der Waals surface area contributed by atoms with E-state index in [2.05, 4.69) is 20.6 Å². The van der Waals surface area contributed by atoms with E-state index in [0.717, 1.165) is 33.7 Å². The number of hydrogen-bond donors (Lipinski definition) is 2. The summed E-state index contributed by atoms with van der Waals surface area (Å²) in [5.74, 6) is 0. The number of urea groups is 1. The van der Waals surface area contributed by atoms with Gasteiger partial charge in [-0.1, -0.05) is 12.1 Å². The number of carbonyl (C=O) groups excluding carboxylic acids is 1. The lowest BCUT2D eigenvalue weighted by Gasteiger charge is -2.15. The van der Waals surface area contributed by atoms with E-state index in [-0.39, 0.29) is 6.54 Å². The van der Waals surface area contributed by atoms with Crippen molar-refractivity contribution in [1.82, 2.24) is 19.7 Å². The van der Waals surface area contributed by atoms with Gasteiger partial charge in [-0.15, -0.1) is 0 Å². The molecule has 4 rings (SSSR count). The Labute approximate surface area is 180 Å². The topological polar surface area (TPSA) is 71.3 Å². The molecule has 4 aromatic rings. The van der Waals surface area contributed by atoms with Crippen molar-refractivity contribution in [2.45, 2.75) is 26.4 Å². The Morgan fingerprint density at radius 1 is 1.06 bits per heavy atom. The number of aromatic nitrogens is 3. The maximum absolute atomic E-state index is 13.6. The van der Waals surface area contributed by atoms with Gasteiger partial charge in [-0.3, -0.25) is 9.38 Å². The van der Waals surface area contributed by atoms with Gasteiger partial charge in [0.05, 0.1) is 18.4 Å². The molecule has 7 heteroatoms. The lowest BCUT2D eigenvalue weighted by atomic mass is 10.1. The van der Waals surface area contributed by atoms with Crippen molar-refractivity contribution in [2.75, 3.05) is 11.9 Å². The van der Waals surface area contributed by atoms with Crippen LogP contribution in [0.15, 0.2) is 67.1 Å². The highest BCUT2D eigenvalue weighted by Gasteiger charge is 2.16. The molecule has 0 aliphatic carbocycles. The summed E-state index contributed by atoms with van der Waals surface area (Å²) in [6.45, 7) is 4.74. The first-order valence-electron chi connectivity index (χ1n) is 10.0. The van der Waals surface area contributed by atoms with Crippen LogP contribution in [0.1, 0.15) is 19.5 Å². The number of hydrogen-bond acceptors (Lipinski definition) is 3. The summed E-state index contributed by atoms with van der Waals surface area (Å²) in [7, 11) is 0. The van der Waals surface area contributed by atoms with E-state index in [9.17, 15) is 9.18 Å². The minimum atomic E-state index is -1.47. The third-order valence-electron chi connectivity index (χ3n) is 4.83. The summed E-state index contributed by atoms with van der Waals surface area (Å²) in [6.07, 6.45) is 5.59. The maximum Gasteiger partial charge on any atom is 0.319 e. The number of imidazole rings is 1. The largest absolute Gasteiger partial charge is 0.335 e. The molecule has 0 saturated carbocycles. The highest BCUT2D eigenvalue weighted by molar-refractivity contribution is 5.90. The fourth-order valence-corrected chi connectivity index (χ4v) is 3.32. The van der Waals surface area contributed by atoms with Gasteiger partial charge in [0.25, 0.3) is 0 Å². The van der Waals surface area contributed by atoms with Crippen molar-refractivity contribution in [3.05, 3.63) is 72.8 Å². The zero-order chi connectivity index (χ0) is 22.0. The quantitative estimate of drug-likeness (QED) is 0.466. The van der Waals surface area contributed by atoms with Crippen LogP contribution in [0.25, 0.3) is 28.0 Å². The first kappa shape index (κ1) is 20.5. The smallest absolute Gasteiger partial charge is 0.319 e. The van der Waals surface area contributed by atoms with E-state index in [1.807, 2.05) is 66.2 Å². The molecule has 0 aliphatic rings. The molecule has 0 fully saturated rings. The van der Waals surface area contributed by atoms with Crippen LogP contribution in [-0.2, 0) is 0 Å². The molecule has 0 unspecified atom stereocenters. The van der Waals surface area contributed by atoms with Crippen LogP contribution >= 0.6 is 0 Å².